The summed E-state index contributed by atoms with van der Waals surface area (Å²) in [4.78, 5) is 0. The third kappa shape index (κ3) is 5.77. The number of unbranched alkanes of at least 4 members (excludes halogenated alkanes) is 1. The van der Waals surface area contributed by atoms with E-state index in [0.717, 1.165) is 18.8 Å². The van der Waals surface area contributed by atoms with Gasteiger partial charge in [-0.15, -0.1) is 0 Å². The molecule has 0 aliphatic carbocycles. The molecule has 1 unspecified atom stereocenters. The Bertz CT molecular complexity index is 537. The maximum absolute atomic E-state index is 5.82. The Morgan fingerprint density at radius 3 is 2.14 bits per heavy atom. The van der Waals surface area contributed by atoms with E-state index in [4.69, 9.17) is 4.74 Å². The topological polar surface area (TPSA) is 9.23 Å². The summed E-state index contributed by atoms with van der Waals surface area (Å²) in [6, 6.07) is 18.7. The highest BCUT2D eigenvalue weighted by molar-refractivity contribution is 9.24. The standard InChI is InChI=1S/C19H22Br2O/c1-15(19(20)21)7-5-6-14-22-18-12-10-17(11-13-18)16-8-3-2-4-9-16/h2-4,8-13,15,19H,5-7,14H2,1H3. The van der Waals surface area contributed by atoms with Crippen LogP contribution in [-0.4, -0.2) is 10.3 Å². The van der Waals surface area contributed by atoms with Crippen molar-refractivity contribution in [1.29, 1.82) is 0 Å². The molecule has 2 aromatic carbocycles. The lowest BCUT2D eigenvalue weighted by molar-refractivity contribution is 0.301. The lowest BCUT2D eigenvalue weighted by Gasteiger charge is -2.12. The highest BCUT2D eigenvalue weighted by atomic mass is 79.9. The van der Waals surface area contributed by atoms with Crippen LogP contribution in [0.2, 0.25) is 0 Å². The van der Waals surface area contributed by atoms with Crippen molar-refractivity contribution in [3.05, 3.63) is 54.6 Å². The van der Waals surface area contributed by atoms with E-state index in [2.05, 4.69) is 87.3 Å². The SMILES string of the molecule is CC(CCCCOc1ccc(-c2ccccc2)cc1)C(Br)Br. The van der Waals surface area contributed by atoms with Gasteiger partial charge in [0.05, 0.1) is 10.3 Å². The van der Waals surface area contributed by atoms with E-state index >= 15 is 0 Å². The molecule has 0 saturated heterocycles. The lowest BCUT2D eigenvalue weighted by Crippen LogP contribution is -2.04. The van der Waals surface area contributed by atoms with Crippen LogP contribution in [-0.2, 0) is 0 Å². The van der Waals surface area contributed by atoms with Gasteiger partial charge >= 0.3 is 0 Å². The zero-order chi connectivity index (χ0) is 15.8. The van der Waals surface area contributed by atoms with Crippen molar-refractivity contribution in [3.63, 3.8) is 0 Å². The van der Waals surface area contributed by atoms with E-state index in [0.29, 0.717) is 9.65 Å². The van der Waals surface area contributed by atoms with Crippen molar-refractivity contribution in [3.8, 4) is 16.9 Å². The fourth-order valence-electron chi connectivity index (χ4n) is 2.26. The minimum atomic E-state index is 0.409. The summed E-state index contributed by atoms with van der Waals surface area (Å²) in [7, 11) is 0. The van der Waals surface area contributed by atoms with Crippen LogP contribution < -0.4 is 4.74 Å². The van der Waals surface area contributed by atoms with Gasteiger partial charge in [-0.05, 0) is 48.4 Å². The van der Waals surface area contributed by atoms with Gasteiger partial charge < -0.3 is 4.74 Å². The van der Waals surface area contributed by atoms with E-state index in [1.54, 1.807) is 0 Å². The maximum atomic E-state index is 5.82. The molecule has 0 heterocycles. The number of hydrogen-bond donors (Lipinski definition) is 0. The molecule has 2 aromatic rings. The number of ether oxygens (including phenoxy) is 1. The quantitative estimate of drug-likeness (QED) is 0.339. The largest absolute Gasteiger partial charge is 0.494 e. The molecule has 0 spiro atoms. The second-order valence-electron chi connectivity index (χ2n) is 5.55. The Kier molecular flexibility index (Phi) is 7.47. The van der Waals surface area contributed by atoms with Crippen molar-refractivity contribution in [2.45, 2.75) is 29.9 Å². The van der Waals surface area contributed by atoms with Crippen molar-refractivity contribution in [2.24, 2.45) is 5.92 Å². The Balaban J connectivity index is 1.73. The molecule has 0 bridgehead atoms. The highest BCUT2D eigenvalue weighted by Gasteiger charge is 2.09. The fourth-order valence-corrected chi connectivity index (χ4v) is 2.79. The van der Waals surface area contributed by atoms with Crippen LogP contribution in [0.1, 0.15) is 26.2 Å². The van der Waals surface area contributed by atoms with Gasteiger partial charge in [-0.3, -0.25) is 0 Å². The van der Waals surface area contributed by atoms with Crippen molar-refractivity contribution in [2.75, 3.05) is 6.61 Å². The van der Waals surface area contributed by atoms with E-state index in [1.165, 1.54) is 24.0 Å². The van der Waals surface area contributed by atoms with Crippen LogP contribution in [0.5, 0.6) is 5.75 Å². The summed E-state index contributed by atoms with van der Waals surface area (Å²) in [6.45, 7) is 3.03. The smallest absolute Gasteiger partial charge is 0.119 e. The van der Waals surface area contributed by atoms with E-state index in [9.17, 15) is 0 Å². The van der Waals surface area contributed by atoms with Crippen molar-refractivity contribution >= 4 is 31.9 Å². The van der Waals surface area contributed by atoms with Crippen LogP contribution in [0.3, 0.4) is 0 Å². The molecule has 0 N–H and O–H groups in total. The third-order valence-electron chi connectivity index (χ3n) is 3.71. The van der Waals surface area contributed by atoms with Crippen LogP contribution >= 0.6 is 31.9 Å². The average Bonchev–Trinajstić information content (AvgIpc) is 2.55. The molecule has 0 saturated carbocycles. The van der Waals surface area contributed by atoms with Gasteiger partial charge in [-0.1, -0.05) is 81.2 Å². The molecule has 1 nitrogen and oxygen atoms in total. The zero-order valence-electron chi connectivity index (χ0n) is 12.8. The Morgan fingerprint density at radius 2 is 1.50 bits per heavy atom. The Morgan fingerprint density at radius 1 is 0.864 bits per heavy atom. The maximum Gasteiger partial charge on any atom is 0.119 e. The molecular formula is C19H22Br2O. The summed E-state index contributed by atoms with van der Waals surface area (Å²) in [5, 5.41) is 0. The predicted octanol–water partition coefficient (Wildman–Crippen LogP) is 6.65. The molecule has 118 valence electrons. The second kappa shape index (κ2) is 9.36. The Hall–Kier alpha value is -0.800. The first-order valence-electron chi connectivity index (χ1n) is 7.73. The monoisotopic (exact) mass is 424 g/mol. The first-order chi connectivity index (χ1) is 10.7. The van der Waals surface area contributed by atoms with Crippen LogP contribution in [0, 0.1) is 5.92 Å². The molecule has 1 atom stereocenters. The lowest BCUT2D eigenvalue weighted by atomic mass is 10.1. The number of rotatable bonds is 8. The molecule has 0 radical (unpaired) electrons. The van der Waals surface area contributed by atoms with Gasteiger partial charge in [-0.2, -0.15) is 0 Å². The van der Waals surface area contributed by atoms with Gasteiger partial charge in [-0.25, -0.2) is 0 Å². The predicted molar refractivity (Wildman–Crippen MR) is 102 cm³/mol. The summed E-state index contributed by atoms with van der Waals surface area (Å²) in [5.41, 5.74) is 2.46. The summed E-state index contributed by atoms with van der Waals surface area (Å²) < 4.78 is 6.22. The summed E-state index contributed by atoms with van der Waals surface area (Å²) >= 11 is 7.11. The van der Waals surface area contributed by atoms with Gasteiger partial charge in [0, 0.05) is 0 Å². The fraction of sp³-hybridized carbons (Fsp3) is 0.368. The molecule has 0 fully saturated rings. The summed E-state index contributed by atoms with van der Waals surface area (Å²) in [5.74, 6) is 1.59. The zero-order valence-corrected chi connectivity index (χ0v) is 16.0. The number of benzene rings is 2. The molecule has 0 aromatic heterocycles. The van der Waals surface area contributed by atoms with E-state index in [-0.39, 0.29) is 0 Å². The Labute approximate surface area is 150 Å². The van der Waals surface area contributed by atoms with Gasteiger partial charge in [0.25, 0.3) is 0 Å². The van der Waals surface area contributed by atoms with Gasteiger partial charge in [0.2, 0.25) is 0 Å². The normalized spacial score (nSPS) is 12.4. The minimum absolute atomic E-state index is 0.409. The van der Waals surface area contributed by atoms with E-state index in [1.807, 2.05) is 6.07 Å². The first-order valence-corrected chi connectivity index (χ1v) is 9.56. The molecule has 2 rings (SSSR count). The van der Waals surface area contributed by atoms with Crippen LogP contribution in [0.4, 0.5) is 0 Å². The van der Waals surface area contributed by atoms with Crippen LogP contribution in [0.25, 0.3) is 11.1 Å². The molecule has 0 amide bonds. The highest BCUT2D eigenvalue weighted by Crippen LogP contribution is 2.24. The number of halogens is 2. The molecular weight excluding hydrogens is 404 g/mol. The number of hydrogen-bond acceptors (Lipinski definition) is 1. The summed E-state index contributed by atoms with van der Waals surface area (Å²) in [6.07, 6.45) is 3.49. The van der Waals surface area contributed by atoms with Gasteiger partial charge in [0.1, 0.15) is 5.75 Å². The first kappa shape index (κ1) is 17.6. The number of alkyl halides is 2. The minimum Gasteiger partial charge on any atom is -0.494 e. The van der Waals surface area contributed by atoms with E-state index < -0.39 is 0 Å². The second-order valence-corrected chi connectivity index (χ2v) is 8.75. The average molecular weight is 426 g/mol. The van der Waals surface area contributed by atoms with Crippen molar-refractivity contribution in [1.82, 2.24) is 0 Å². The molecule has 0 aliphatic heterocycles. The van der Waals surface area contributed by atoms with Crippen molar-refractivity contribution < 1.29 is 4.74 Å². The van der Waals surface area contributed by atoms with Crippen LogP contribution in [0.15, 0.2) is 54.6 Å². The molecule has 3 heteroatoms. The molecule has 22 heavy (non-hydrogen) atoms. The molecule has 0 aliphatic rings. The van der Waals surface area contributed by atoms with Gasteiger partial charge in [0.15, 0.2) is 0 Å². The third-order valence-corrected chi connectivity index (χ3v) is 5.52.